The molecule has 0 spiro atoms. The van der Waals surface area contributed by atoms with Gasteiger partial charge in [0.15, 0.2) is 12.6 Å². The summed E-state index contributed by atoms with van der Waals surface area (Å²) in [4.78, 5) is 125. The molecular formula is C40H68N10O20. The van der Waals surface area contributed by atoms with E-state index in [1.54, 1.807) is 0 Å². The largest absolute Gasteiger partial charge is 0.480 e. The van der Waals surface area contributed by atoms with E-state index in [0.29, 0.717) is 0 Å². The van der Waals surface area contributed by atoms with Crippen LogP contribution in [0.5, 0.6) is 0 Å². The Bertz CT molecular complexity index is 1870. The maximum Gasteiger partial charge on any atom is 0.325 e. The molecule has 30 nitrogen and oxygen atoms in total. The van der Waals surface area contributed by atoms with Crippen molar-refractivity contribution in [1.82, 2.24) is 37.2 Å². The highest BCUT2D eigenvalue weighted by Gasteiger charge is 2.53. The van der Waals surface area contributed by atoms with E-state index in [1.807, 2.05) is 0 Å². The molecule has 2 aliphatic rings. The Labute approximate surface area is 401 Å². The molecule has 398 valence electrons. The molecule has 0 radical (unpaired) electrons. The number of carbonyl (C=O) groups is 10. The molecule has 0 aromatic heterocycles. The number of primary amides is 2. The number of nitrogens with one attached hydrogen (secondary N) is 7. The summed E-state index contributed by atoms with van der Waals surface area (Å²) >= 11 is 0. The predicted molar refractivity (Wildman–Crippen MR) is 234 cm³/mol. The summed E-state index contributed by atoms with van der Waals surface area (Å²) in [5.41, 5.74) is 16.4. The number of aliphatic carboxylic acids is 1. The number of ether oxygens (including phenoxy) is 4. The van der Waals surface area contributed by atoms with Gasteiger partial charge in [0, 0.05) is 20.3 Å². The van der Waals surface area contributed by atoms with Crippen molar-refractivity contribution in [3.05, 3.63) is 0 Å². The van der Waals surface area contributed by atoms with Gasteiger partial charge in [-0.05, 0) is 53.4 Å². The molecule has 2 fully saturated rings. The summed E-state index contributed by atoms with van der Waals surface area (Å²) in [6.45, 7) is 5.29. The van der Waals surface area contributed by atoms with Crippen LogP contribution < -0.4 is 54.4 Å². The van der Waals surface area contributed by atoms with E-state index >= 15 is 0 Å². The molecule has 30 heteroatoms. The van der Waals surface area contributed by atoms with Gasteiger partial charge in [-0.1, -0.05) is 0 Å². The van der Waals surface area contributed by atoms with Crippen molar-refractivity contribution in [3.8, 4) is 0 Å². The number of rotatable bonds is 27. The van der Waals surface area contributed by atoms with Crippen molar-refractivity contribution in [2.75, 3.05) is 13.2 Å². The fourth-order valence-corrected chi connectivity index (χ4v) is 7.07. The van der Waals surface area contributed by atoms with E-state index in [0.717, 1.165) is 13.8 Å². The molecule has 2 aliphatic heterocycles. The Balaban J connectivity index is 2.21. The molecule has 2 saturated heterocycles. The van der Waals surface area contributed by atoms with E-state index in [-0.39, 0.29) is 19.3 Å². The van der Waals surface area contributed by atoms with Crippen LogP contribution in [0.1, 0.15) is 73.6 Å². The highest BCUT2D eigenvalue weighted by atomic mass is 16.7. The van der Waals surface area contributed by atoms with Crippen LogP contribution in [0, 0.1) is 0 Å². The zero-order chi connectivity index (χ0) is 53.3. The molecule has 9 amide bonds. The van der Waals surface area contributed by atoms with Gasteiger partial charge < -0.3 is 104 Å². The van der Waals surface area contributed by atoms with Crippen LogP contribution in [0.3, 0.4) is 0 Å². The second-order valence-electron chi connectivity index (χ2n) is 16.8. The lowest BCUT2D eigenvalue weighted by Gasteiger charge is -2.48. The average molecular weight is 1010 g/mol. The number of hydrogen-bond donors (Lipinski definition) is 16. The maximum atomic E-state index is 13.5. The van der Waals surface area contributed by atoms with E-state index in [9.17, 15) is 73.5 Å². The van der Waals surface area contributed by atoms with Crippen molar-refractivity contribution in [1.29, 1.82) is 0 Å². The Kier molecular flexibility index (Phi) is 24.4. The minimum Gasteiger partial charge on any atom is -0.480 e. The summed E-state index contributed by atoms with van der Waals surface area (Å²) in [6.07, 6.45) is -15.9. The molecule has 70 heavy (non-hydrogen) atoms. The first-order chi connectivity index (χ1) is 32.6. The fourth-order valence-electron chi connectivity index (χ4n) is 7.07. The molecule has 2 rings (SSSR count). The molecule has 0 aliphatic carbocycles. The molecule has 8 unspecified atom stereocenters. The lowest BCUT2D eigenvalue weighted by Crippen LogP contribution is -2.70. The van der Waals surface area contributed by atoms with Gasteiger partial charge in [-0.3, -0.25) is 47.9 Å². The molecular weight excluding hydrogens is 940 g/mol. The highest BCUT2D eigenvalue weighted by Crippen LogP contribution is 2.31. The number of carboxylic acid groups (broad SMARTS) is 1. The first-order valence-electron chi connectivity index (χ1n) is 22.1. The highest BCUT2D eigenvalue weighted by molar-refractivity contribution is 5.94. The quantitative estimate of drug-likeness (QED) is 0.0363. The first-order valence-corrected chi connectivity index (χ1v) is 22.1. The second-order valence-corrected chi connectivity index (χ2v) is 16.8. The van der Waals surface area contributed by atoms with Crippen LogP contribution in [-0.4, -0.2) is 207 Å². The number of aliphatic hydroxyl groups is 5. The summed E-state index contributed by atoms with van der Waals surface area (Å²) in [6, 6.07) is -11.0. The summed E-state index contributed by atoms with van der Waals surface area (Å²) in [5.74, 6) is -9.28. The maximum absolute atomic E-state index is 13.5. The van der Waals surface area contributed by atoms with Gasteiger partial charge in [0.25, 0.3) is 0 Å². The third kappa shape index (κ3) is 18.2. The number of amides is 9. The summed E-state index contributed by atoms with van der Waals surface area (Å²) in [7, 11) is 0. The van der Waals surface area contributed by atoms with Crippen LogP contribution in [0.2, 0.25) is 0 Å². The molecule has 19 N–H and O–H groups in total. The van der Waals surface area contributed by atoms with Gasteiger partial charge in [-0.15, -0.1) is 0 Å². The van der Waals surface area contributed by atoms with Gasteiger partial charge in [-0.25, -0.2) is 0 Å². The van der Waals surface area contributed by atoms with Crippen LogP contribution in [0.15, 0.2) is 0 Å². The lowest BCUT2D eigenvalue weighted by molar-refractivity contribution is -0.333. The van der Waals surface area contributed by atoms with Crippen molar-refractivity contribution in [2.45, 2.75) is 177 Å². The first kappa shape index (κ1) is 60.4. The lowest BCUT2D eigenvalue weighted by atomic mass is 9.94. The topological polar surface area (TPSA) is 491 Å². The third-order valence-corrected chi connectivity index (χ3v) is 11.1. The number of carboxylic acids is 1. The Morgan fingerprint density at radius 2 is 1.16 bits per heavy atom. The minimum absolute atomic E-state index is 0.00788. The number of nitrogens with two attached hydrogens (primary N) is 3. The monoisotopic (exact) mass is 1010 g/mol. The Morgan fingerprint density at radius 3 is 1.69 bits per heavy atom. The van der Waals surface area contributed by atoms with E-state index in [1.165, 1.54) is 27.7 Å². The summed E-state index contributed by atoms with van der Waals surface area (Å²) < 4.78 is 23.2. The number of aliphatic hydroxyl groups excluding tert-OH is 5. The number of hydrogen-bond acceptors (Lipinski definition) is 20. The molecule has 0 aromatic carbocycles. The fraction of sp³-hybridized carbons (Fsp3) is 0.750. The Hall–Kier alpha value is -5.70. The van der Waals surface area contributed by atoms with Crippen LogP contribution in [0.4, 0.5) is 0 Å². The molecule has 0 aromatic rings. The molecule has 2 heterocycles. The average Bonchev–Trinajstić information content (AvgIpc) is 3.27. The van der Waals surface area contributed by atoms with Gasteiger partial charge in [-0.2, -0.15) is 0 Å². The van der Waals surface area contributed by atoms with Crippen molar-refractivity contribution in [2.24, 2.45) is 17.2 Å². The van der Waals surface area contributed by atoms with Crippen LogP contribution in [0.25, 0.3) is 0 Å². The minimum atomic E-state index is -1.90. The molecule has 17 atom stereocenters. The van der Waals surface area contributed by atoms with E-state index < -0.39 is 189 Å². The van der Waals surface area contributed by atoms with Crippen LogP contribution >= 0.6 is 0 Å². The number of carbonyl (C=O) groups excluding carboxylic acids is 9. The smallest absolute Gasteiger partial charge is 0.325 e. The normalized spacial score (nSPS) is 27.3. The van der Waals surface area contributed by atoms with Crippen LogP contribution in [-0.2, 0) is 66.9 Å². The van der Waals surface area contributed by atoms with Crippen molar-refractivity contribution >= 4 is 59.1 Å². The third-order valence-electron chi connectivity index (χ3n) is 11.1. The van der Waals surface area contributed by atoms with Crippen molar-refractivity contribution in [3.63, 3.8) is 0 Å². The molecule has 0 saturated carbocycles. The Morgan fingerprint density at radius 1 is 0.614 bits per heavy atom. The zero-order valence-corrected chi connectivity index (χ0v) is 39.4. The SMILES string of the molecule is CC(=O)N[C@H]1[C@H](O[C@H]2[C@H](OC(C)C(=O)NC(C)C(=O)NC(CCC(=O)NC(CCCC(N)C(N)=O)C(=O)NC(C)C(=O)NC(C)C(=O)O)C(N)=O)[C@@H](NC(C)=O)C(O)O[C@@H]2CO)O[C@H](CO)[C@@H](O)[C@@H]1O. The predicted octanol–water partition coefficient (Wildman–Crippen LogP) is -8.88. The van der Waals surface area contributed by atoms with Gasteiger partial charge in [0.1, 0.15) is 85.0 Å². The summed E-state index contributed by atoms with van der Waals surface area (Å²) in [5, 5.41) is 77.7. The van der Waals surface area contributed by atoms with Gasteiger partial charge in [0.05, 0.1) is 19.3 Å². The molecule has 0 bridgehead atoms. The standard InChI is InChI=1S/C40H68N10O20/c1-14(34(60)46-16(3)38(64)65)45-37(63)22(9-7-8-20(41)32(42)58)49-25(55)11-10-21(33(43)59)50-35(61)15(2)44-36(62)17(4)67-31-27(48-19(6)54)39(66)68-24(13-52)30(31)70-40-26(47-18(5)53)29(57)28(56)23(12-51)69-40/h14-17,20-24,26-31,39-40,51-52,56-57,66H,7-13,41H2,1-6H3,(H2,42,58)(H2,43,59)(H,44,62)(H,45,63)(H,46,60)(H,47,53)(H,48,54)(H,49,55)(H,50,61)(H,64,65)/t14?,15?,16?,17?,20?,21?,22?,23-,24-,26-,27-,28-,29-,30-,31-,39?,40+/m1/s1. The zero-order valence-electron chi connectivity index (χ0n) is 39.4. The second kappa shape index (κ2) is 28.2. The van der Waals surface area contributed by atoms with Gasteiger partial charge >= 0.3 is 5.97 Å². The van der Waals surface area contributed by atoms with Gasteiger partial charge in [0.2, 0.25) is 53.2 Å². The van der Waals surface area contributed by atoms with Crippen molar-refractivity contribution < 1.29 is 97.5 Å². The van der Waals surface area contributed by atoms with E-state index in [4.69, 9.17) is 41.3 Å². The van der Waals surface area contributed by atoms with E-state index in [2.05, 4.69) is 37.2 Å².